The van der Waals surface area contributed by atoms with Crippen molar-refractivity contribution in [2.24, 2.45) is 20.5 Å². The summed E-state index contributed by atoms with van der Waals surface area (Å²) in [5.41, 5.74) is 18.3. The zero-order valence-corrected chi connectivity index (χ0v) is 26.8. The average Bonchev–Trinajstić information content (AvgIpc) is 3.02. The van der Waals surface area contributed by atoms with E-state index in [9.17, 15) is 13.0 Å². The number of azo groups is 2. The largest absolute Gasteiger partial charge is 1.00 e. The second kappa shape index (κ2) is 12.7. The summed E-state index contributed by atoms with van der Waals surface area (Å²) in [5.74, 6) is 0. The van der Waals surface area contributed by atoms with Crippen LogP contribution in [-0.4, -0.2) is 13.0 Å². The van der Waals surface area contributed by atoms with Crippen LogP contribution in [0.15, 0.2) is 135 Å². The van der Waals surface area contributed by atoms with Crippen molar-refractivity contribution in [1.29, 1.82) is 0 Å². The predicted molar refractivity (Wildman–Crippen MR) is 170 cm³/mol. The topological polar surface area (TPSA) is 159 Å². The van der Waals surface area contributed by atoms with Gasteiger partial charge < -0.3 is 16.0 Å². The Hall–Kier alpha value is -4.45. The number of nitrogens with zero attached hydrogens (tertiary/aromatic N) is 4. The average molecular weight is 609 g/mol. The molecule has 44 heavy (non-hydrogen) atoms. The summed E-state index contributed by atoms with van der Waals surface area (Å²) in [6.45, 7) is 2.03. The van der Waals surface area contributed by atoms with E-state index in [2.05, 4.69) is 20.5 Å². The maximum absolute atomic E-state index is 11.9. The van der Waals surface area contributed by atoms with E-state index >= 15 is 0 Å². The van der Waals surface area contributed by atoms with E-state index in [-0.39, 0.29) is 51.2 Å². The zero-order chi connectivity index (χ0) is 30.1. The Balaban J connectivity index is 0.00000384. The minimum atomic E-state index is -4.75. The molecule has 0 saturated heterocycles. The van der Waals surface area contributed by atoms with Gasteiger partial charge in [-0.15, -0.1) is 10.2 Å². The van der Waals surface area contributed by atoms with Crippen LogP contribution in [0.2, 0.25) is 0 Å². The molecule has 0 radical (unpaired) electrons. The van der Waals surface area contributed by atoms with Crippen LogP contribution >= 0.6 is 0 Å². The number of rotatable bonds is 6. The molecule has 0 aliphatic heterocycles. The molecule has 11 heteroatoms. The van der Waals surface area contributed by atoms with E-state index in [1.54, 1.807) is 30.3 Å². The van der Waals surface area contributed by atoms with Crippen LogP contribution in [0.5, 0.6) is 0 Å². The van der Waals surface area contributed by atoms with Gasteiger partial charge in [0, 0.05) is 16.2 Å². The van der Waals surface area contributed by atoms with Crippen LogP contribution in [0, 0.1) is 6.92 Å². The quantitative estimate of drug-likeness (QED) is 0.105. The number of nitrogens with two attached hydrogens (primary N) is 2. The van der Waals surface area contributed by atoms with Crippen LogP contribution in [0.1, 0.15) is 5.56 Å². The molecule has 212 valence electrons. The van der Waals surface area contributed by atoms with Gasteiger partial charge >= 0.3 is 29.6 Å². The fourth-order valence-corrected chi connectivity index (χ4v) is 5.65. The molecule has 0 fully saturated rings. The van der Waals surface area contributed by atoms with Crippen LogP contribution in [-0.2, 0) is 10.1 Å². The molecule has 0 bridgehead atoms. The molecule has 0 aliphatic rings. The number of fused-ring (bicyclic) bond motifs is 2. The molecular formula is C33H25N6NaO3S. The van der Waals surface area contributed by atoms with E-state index in [1.807, 2.05) is 73.7 Å². The van der Waals surface area contributed by atoms with Gasteiger partial charge in [0.15, 0.2) is 0 Å². The maximum atomic E-state index is 11.9. The molecule has 6 aromatic carbocycles. The summed E-state index contributed by atoms with van der Waals surface area (Å²) in [6.07, 6.45) is 0. The van der Waals surface area contributed by atoms with Crippen LogP contribution in [0.3, 0.4) is 0 Å². The Morgan fingerprint density at radius 3 is 1.45 bits per heavy atom. The van der Waals surface area contributed by atoms with Crippen LogP contribution in [0.25, 0.3) is 32.7 Å². The number of hydrogen-bond donors (Lipinski definition) is 2. The SMILES string of the molecule is Cc1cc(N=Nc2ccc(-c3ccc(N=Nc4cc(S(=O)(=O)[O-])c5ccccc5c4N)cc3)cc2)c(N)c2ccccc12.[Na+]. The van der Waals surface area contributed by atoms with Gasteiger partial charge in [-0.3, -0.25) is 0 Å². The third-order valence-corrected chi connectivity index (χ3v) is 8.06. The van der Waals surface area contributed by atoms with Crippen molar-refractivity contribution in [2.75, 3.05) is 11.5 Å². The van der Waals surface area contributed by atoms with E-state index in [0.717, 1.165) is 33.5 Å². The first-order valence-electron chi connectivity index (χ1n) is 13.3. The third-order valence-electron chi connectivity index (χ3n) is 7.18. The summed E-state index contributed by atoms with van der Waals surface area (Å²) < 4.78 is 35.6. The molecule has 4 N–H and O–H groups in total. The molecule has 0 aliphatic carbocycles. The van der Waals surface area contributed by atoms with E-state index in [4.69, 9.17) is 11.5 Å². The number of anilines is 2. The van der Waals surface area contributed by atoms with Crippen molar-refractivity contribution < 1.29 is 42.5 Å². The first kappa shape index (κ1) is 31.0. The normalized spacial score (nSPS) is 11.9. The number of nitrogen functional groups attached to an aromatic ring is 2. The molecule has 9 nitrogen and oxygen atoms in total. The molecular weight excluding hydrogens is 583 g/mol. The van der Waals surface area contributed by atoms with Gasteiger partial charge in [-0.05, 0) is 65.4 Å². The number of benzene rings is 6. The van der Waals surface area contributed by atoms with Crippen molar-refractivity contribution in [3.8, 4) is 11.1 Å². The van der Waals surface area contributed by atoms with Crippen LogP contribution in [0.4, 0.5) is 34.1 Å². The van der Waals surface area contributed by atoms with Gasteiger partial charge in [0.2, 0.25) is 0 Å². The third kappa shape index (κ3) is 6.26. The molecule has 0 spiro atoms. The van der Waals surface area contributed by atoms with Gasteiger partial charge in [0.1, 0.15) is 21.5 Å². The van der Waals surface area contributed by atoms with Crippen molar-refractivity contribution in [3.63, 3.8) is 0 Å². The van der Waals surface area contributed by atoms with E-state index in [0.29, 0.717) is 28.1 Å². The monoisotopic (exact) mass is 608 g/mol. The molecule has 0 amide bonds. The minimum Gasteiger partial charge on any atom is -0.744 e. The second-order valence-corrected chi connectivity index (χ2v) is 11.3. The molecule has 0 heterocycles. The minimum absolute atomic E-state index is 0. The molecule has 6 aromatic rings. The first-order chi connectivity index (χ1) is 20.7. The van der Waals surface area contributed by atoms with Gasteiger partial charge in [0.05, 0.1) is 27.6 Å². The fraction of sp³-hybridized carbons (Fsp3) is 0.0303. The Morgan fingerprint density at radius 1 is 0.568 bits per heavy atom. The molecule has 0 aromatic heterocycles. The summed E-state index contributed by atoms with van der Waals surface area (Å²) in [4.78, 5) is -0.388. The van der Waals surface area contributed by atoms with Gasteiger partial charge in [0.25, 0.3) is 0 Å². The summed E-state index contributed by atoms with van der Waals surface area (Å²) in [6, 6.07) is 32.5. The summed E-state index contributed by atoms with van der Waals surface area (Å²) >= 11 is 0. The van der Waals surface area contributed by atoms with Gasteiger partial charge in [-0.1, -0.05) is 72.8 Å². The molecule has 6 rings (SSSR count). The zero-order valence-electron chi connectivity index (χ0n) is 24.0. The standard InChI is InChI=1S/C33H26N6O3S.Na/c1-20-18-29(32(34)27-8-4-2-6-25(20)27)38-36-23-14-10-21(11-15-23)22-12-16-24(17-13-22)37-39-30-19-31(43(40,41)42)26-7-3-5-9-28(26)33(30)35;/h2-19H,34-35H2,1H3,(H,40,41,42);/q;+1/p-1. The Morgan fingerprint density at radius 2 is 0.977 bits per heavy atom. The molecule has 0 atom stereocenters. The number of aryl methyl sites for hydroxylation is 1. The van der Waals surface area contributed by atoms with Crippen molar-refractivity contribution in [1.82, 2.24) is 0 Å². The summed E-state index contributed by atoms with van der Waals surface area (Å²) in [5, 5.41) is 19.9. The van der Waals surface area contributed by atoms with Crippen molar-refractivity contribution in [2.45, 2.75) is 11.8 Å². The molecule has 0 unspecified atom stereocenters. The van der Waals surface area contributed by atoms with Gasteiger partial charge in [-0.25, -0.2) is 8.42 Å². The second-order valence-electron chi connectivity index (χ2n) is 9.97. The van der Waals surface area contributed by atoms with E-state index < -0.39 is 10.1 Å². The Kier molecular flexibility index (Phi) is 8.91. The van der Waals surface area contributed by atoms with Crippen molar-refractivity contribution >= 4 is 65.8 Å². The fourth-order valence-electron chi connectivity index (χ4n) is 4.95. The number of hydrogen-bond acceptors (Lipinski definition) is 9. The maximum Gasteiger partial charge on any atom is 1.00 e. The summed E-state index contributed by atoms with van der Waals surface area (Å²) in [7, 11) is -4.75. The Bertz CT molecular complexity index is 2180. The molecule has 0 saturated carbocycles. The predicted octanol–water partition coefficient (Wildman–Crippen LogP) is 5.87. The van der Waals surface area contributed by atoms with E-state index in [1.165, 1.54) is 6.07 Å². The van der Waals surface area contributed by atoms with Gasteiger partial charge in [-0.2, -0.15) is 10.2 Å². The van der Waals surface area contributed by atoms with Crippen molar-refractivity contribution in [3.05, 3.63) is 115 Å². The van der Waals surface area contributed by atoms with Crippen LogP contribution < -0.4 is 41.0 Å². The smallest absolute Gasteiger partial charge is 0.744 e. The Labute approximate surface area is 276 Å². The first-order valence-corrected chi connectivity index (χ1v) is 14.7.